The van der Waals surface area contributed by atoms with Crippen molar-refractivity contribution in [2.45, 2.75) is 19.4 Å². The van der Waals surface area contributed by atoms with E-state index in [4.69, 9.17) is 4.99 Å². The van der Waals surface area contributed by atoms with Gasteiger partial charge >= 0.3 is 0 Å². The molecule has 0 radical (unpaired) electrons. The lowest BCUT2D eigenvalue weighted by Crippen LogP contribution is -1.99. The van der Waals surface area contributed by atoms with Crippen LogP contribution in [-0.2, 0) is 13.0 Å². The van der Waals surface area contributed by atoms with Crippen molar-refractivity contribution in [3.05, 3.63) is 167 Å². The molecule has 6 aromatic rings. The van der Waals surface area contributed by atoms with Gasteiger partial charge in [0.05, 0.1) is 12.3 Å². The van der Waals surface area contributed by atoms with E-state index in [1.54, 1.807) is 0 Å². The fraction of sp³-hybridized carbons (Fsp3) is 0.0750. The van der Waals surface area contributed by atoms with Gasteiger partial charge in [-0.2, -0.15) is 0 Å². The predicted octanol–water partition coefficient (Wildman–Crippen LogP) is 10.3. The lowest BCUT2D eigenvalue weighted by atomic mass is 9.89. The molecule has 0 saturated carbocycles. The fourth-order valence-electron chi connectivity index (χ4n) is 5.79. The number of allylic oxidation sites excluding steroid dienone is 2. The highest BCUT2D eigenvalue weighted by Crippen LogP contribution is 2.31. The summed E-state index contributed by atoms with van der Waals surface area (Å²) in [5.41, 5.74) is 9.91. The molecule has 0 aliphatic heterocycles. The molecule has 7 rings (SSSR count). The Kier molecular flexibility index (Phi) is 6.85. The second-order valence-corrected chi connectivity index (χ2v) is 10.7. The standard InChI is InChI=1S/C40H31N/c1-3-11-35-26-29(16-20-31(35)8-1)19-25-40(37-24-23-32-9-2-4-12-36(32)27-37)41-28-30-17-21-34(22-18-30)39-15-7-13-33-10-5-6-14-38(33)39/h1-5,7-13,15-27H,6,14,28H2/b25-19+,41-40+. The Morgan fingerprint density at radius 1 is 0.659 bits per heavy atom. The van der Waals surface area contributed by atoms with Crippen molar-refractivity contribution in [2.75, 3.05) is 0 Å². The van der Waals surface area contributed by atoms with E-state index in [2.05, 4.69) is 152 Å². The zero-order chi connectivity index (χ0) is 27.4. The van der Waals surface area contributed by atoms with E-state index in [1.807, 2.05) is 0 Å². The number of hydrogen-bond donors (Lipinski definition) is 0. The Bertz CT molecular complexity index is 1950. The van der Waals surface area contributed by atoms with Crippen molar-refractivity contribution in [1.82, 2.24) is 0 Å². The van der Waals surface area contributed by atoms with Crippen LogP contribution in [0.4, 0.5) is 0 Å². The molecule has 0 saturated heterocycles. The van der Waals surface area contributed by atoms with Crippen molar-refractivity contribution in [1.29, 1.82) is 0 Å². The first-order valence-corrected chi connectivity index (χ1v) is 14.4. The predicted molar refractivity (Wildman–Crippen MR) is 176 cm³/mol. The zero-order valence-electron chi connectivity index (χ0n) is 23.0. The van der Waals surface area contributed by atoms with Gasteiger partial charge in [0.1, 0.15) is 0 Å². The molecule has 0 spiro atoms. The third kappa shape index (κ3) is 5.40. The monoisotopic (exact) mass is 525 g/mol. The maximum Gasteiger partial charge on any atom is 0.0651 e. The second-order valence-electron chi connectivity index (χ2n) is 10.7. The molecule has 0 bridgehead atoms. The van der Waals surface area contributed by atoms with Gasteiger partial charge in [-0.25, -0.2) is 0 Å². The van der Waals surface area contributed by atoms with Gasteiger partial charge < -0.3 is 0 Å². The summed E-state index contributed by atoms with van der Waals surface area (Å²) in [6.07, 6.45) is 11.1. The van der Waals surface area contributed by atoms with E-state index in [0.717, 1.165) is 24.1 Å². The fourth-order valence-corrected chi connectivity index (χ4v) is 5.79. The highest BCUT2D eigenvalue weighted by molar-refractivity contribution is 6.12. The molecule has 0 heterocycles. The highest BCUT2D eigenvalue weighted by Gasteiger charge is 2.11. The van der Waals surface area contributed by atoms with Crippen LogP contribution in [0.2, 0.25) is 0 Å². The summed E-state index contributed by atoms with van der Waals surface area (Å²) < 4.78 is 0. The minimum atomic E-state index is 0.625. The van der Waals surface area contributed by atoms with Crippen LogP contribution in [0.1, 0.15) is 34.2 Å². The van der Waals surface area contributed by atoms with Crippen LogP contribution in [0.15, 0.2) is 145 Å². The van der Waals surface area contributed by atoms with E-state index in [9.17, 15) is 0 Å². The molecule has 0 fully saturated rings. The Morgan fingerprint density at radius 2 is 1.39 bits per heavy atom. The average molecular weight is 526 g/mol. The molecule has 1 aliphatic rings. The summed E-state index contributed by atoms with van der Waals surface area (Å²) in [6, 6.07) is 45.8. The van der Waals surface area contributed by atoms with E-state index in [0.29, 0.717) is 6.54 Å². The van der Waals surface area contributed by atoms with Gasteiger partial charge in [0.25, 0.3) is 0 Å². The first-order chi connectivity index (χ1) is 20.3. The van der Waals surface area contributed by atoms with Gasteiger partial charge in [-0.3, -0.25) is 4.99 Å². The molecule has 0 unspecified atom stereocenters. The van der Waals surface area contributed by atoms with Crippen LogP contribution in [-0.4, -0.2) is 5.71 Å². The molecule has 6 aromatic carbocycles. The van der Waals surface area contributed by atoms with E-state index in [1.165, 1.54) is 54.9 Å². The van der Waals surface area contributed by atoms with E-state index >= 15 is 0 Å². The number of fused-ring (bicyclic) bond motifs is 3. The average Bonchev–Trinajstić information content (AvgIpc) is 3.04. The first-order valence-electron chi connectivity index (χ1n) is 14.4. The molecule has 0 atom stereocenters. The Labute approximate surface area is 241 Å². The second kappa shape index (κ2) is 11.2. The van der Waals surface area contributed by atoms with Crippen molar-refractivity contribution in [3.63, 3.8) is 0 Å². The van der Waals surface area contributed by atoms with Crippen molar-refractivity contribution < 1.29 is 0 Å². The van der Waals surface area contributed by atoms with Gasteiger partial charge in [-0.15, -0.1) is 0 Å². The van der Waals surface area contributed by atoms with Gasteiger partial charge in [-0.1, -0.05) is 133 Å². The lowest BCUT2D eigenvalue weighted by Gasteiger charge is -2.16. The van der Waals surface area contributed by atoms with Gasteiger partial charge in [0.2, 0.25) is 0 Å². The van der Waals surface area contributed by atoms with Crippen LogP contribution < -0.4 is 0 Å². The third-order valence-corrected chi connectivity index (χ3v) is 8.02. The van der Waals surface area contributed by atoms with Crippen LogP contribution in [0.25, 0.3) is 44.8 Å². The van der Waals surface area contributed by atoms with Crippen LogP contribution >= 0.6 is 0 Å². The smallest absolute Gasteiger partial charge is 0.0651 e. The SMILES string of the molecule is C1=Cc2cccc(-c3ccc(C/N=C(\C=C\c4ccc5ccccc5c4)c4ccc5ccccc5c4)cc3)c2CC1. The number of rotatable bonds is 6. The Hall–Kier alpha value is -5.01. The summed E-state index contributed by atoms with van der Waals surface area (Å²) in [6.45, 7) is 0.625. The van der Waals surface area contributed by atoms with Gasteiger partial charge in [0.15, 0.2) is 0 Å². The largest absolute Gasteiger partial charge is 0.280 e. The molecular weight excluding hydrogens is 494 g/mol. The highest BCUT2D eigenvalue weighted by atomic mass is 14.7. The molecule has 1 nitrogen and oxygen atoms in total. The minimum Gasteiger partial charge on any atom is -0.280 e. The Morgan fingerprint density at radius 3 is 2.20 bits per heavy atom. The van der Waals surface area contributed by atoms with Crippen molar-refractivity contribution in [3.8, 4) is 11.1 Å². The number of hydrogen-bond acceptors (Lipinski definition) is 1. The molecule has 0 N–H and O–H groups in total. The topological polar surface area (TPSA) is 12.4 Å². The van der Waals surface area contributed by atoms with Gasteiger partial charge in [0, 0.05) is 5.56 Å². The number of aliphatic imine (C=N–C) groups is 1. The summed E-state index contributed by atoms with van der Waals surface area (Å²) in [7, 11) is 0. The van der Waals surface area contributed by atoms with Gasteiger partial charge in [-0.05, 0) is 86.0 Å². The number of benzene rings is 6. The summed E-state index contributed by atoms with van der Waals surface area (Å²) in [5, 5.41) is 4.96. The molecule has 41 heavy (non-hydrogen) atoms. The van der Waals surface area contributed by atoms with Crippen LogP contribution in [0, 0.1) is 0 Å². The normalized spacial score (nSPS) is 13.2. The molecule has 1 aliphatic carbocycles. The van der Waals surface area contributed by atoms with Crippen molar-refractivity contribution in [2.24, 2.45) is 4.99 Å². The maximum atomic E-state index is 5.14. The molecule has 196 valence electrons. The van der Waals surface area contributed by atoms with Crippen LogP contribution in [0.3, 0.4) is 0 Å². The third-order valence-electron chi connectivity index (χ3n) is 8.02. The summed E-state index contributed by atoms with van der Waals surface area (Å²) in [4.78, 5) is 5.14. The molecular formula is C40H31N. The lowest BCUT2D eigenvalue weighted by molar-refractivity contribution is 0.988. The molecule has 0 aromatic heterocycles. The summed E-state index contributed by atoms with van der Waals surface area (Å²) >= 11 is 0. The van der Waals surface area contributed by atoms with E-state index in [-0.39, 0.29) is 0 Å². The zero-order valence-corrected chi connectivity index (χ0v) is 23.0. The molecule has 1 heteroatoms. The molecule has 0 amide bonds. The maximum absolute atomic E-state index is 5.14. The minimum absolute atomic E-state index is 0.625. The quantitative estimate of drug-likeness (QED) is 0.192. The van der Waals surface area contributed by atoms with Crippen molar-refractivity contribution >= 4 is 39.4 Å². The Balaban J connectivity index is 1.20. The van der Waals surface area contributed by atoms with Crippen LogP contribution in [0.5, 0.6) is 0 Å². The summed E-state index contributed by atoms with van der Waals surface area (Å²) in [5.74, 6) is 0. The number of nitrogens with zero attached hydrogens (tertiary/aromatic N) is 1. The first kappa shape index (κ1) is 25.0. The van der Waals surface area contributed by atoms with E-state index < -0.39 is 0 Å².